The molecule has 2 aliphatic carbocycles. The third kappa shape index (κ3) is 4.58. The van der Waals surface area contributed by atoms with Crippen molar-refractivity contribution in [3.8, 4) is 0 Å². The zero-order valence-electron chi connectivity index (χ0n) is 11.7. The van der Waals surface area contributed by atoms with Crippen LogP contribution in [0.2, 0.25) is 0 Å². The molecule has 0 spiro atoms. The van der Waals surface area contributed by atoms with Crippen LogP contribution < -0.4 is 11.1 Å². The lowest BCUT2D eigenvalue weighted by atomic mass is 9.84. The molecule has 19 heavy (non-hydrogen) atoms. The van der Waals surface area contributed by atoms with Gasteiger partial charge in [0.25, 0.3) is 0 Å². The van der Waals surface area contributed by atoms with E-state index in [1.807, 2.05) is 0 Å². The van der Waals surface area contributed by atoms with Gasteiger partial charge in [0.05, 0.1) is 11.3 Å². The summed E-state index contributed by atoms with van der Waals surface area (Å²) in [5, 5.41) is 3.31. The molecular formula is C13H26IN3OS. The van der Waals surface area contributed by atoms with Crippen molar-refractivity contribution in [2.24, 2.45) is 10.7 Å². The lowest BCUT2D eigenvalue weighted by Crippen LogP contribution is -2.46. The predicted octanol–water partition coefficient (Wildman–Crippen LogP) is 2.14. The highest BCUT2D eigenvalue weighted by atomic mass is 127. The number of nitrogens with one attached hydrogen (secondary N) is 1. The third-order valence-corrected chi connectivity index (χ3v) is 6.13. The van der Waals surface area contributed by atoms with Gasteiger partial charge in [0, 0.05) is 23.1 Å². The van der Waals surface area contributed by atoms with Crippen molar-refractivity contribution in [2.45, 2.75) is 62.2 Å². The van der Waals surface area contributed by atoms with Crippen LogP contribution in [0.3, 0.4) is 0 Å². The monoisotopic (exact) mass is 399 g/mol. The Labute approximate surface area is 135 Å². The lowest BCUT2D eigenvalue weighted by molar-refractivity contribution is 0.360. The van der Waals surface area contributed by atoms with Crippen LogP contribution in [0.5, 0.6) is 0 Å². The fourth-order valence-electron chi connectivity index (χ4n) is 2.84. The van der Waals surface area contributed by atoms with Crippen LogP contribution >= 0.6 is 24.0 Å². The molecule has 0 aromatic heterocycles. The molecule has 112 valence electrons. The van der Waals surface area contributed by atoms with Gasteiger partial charge in [-0.25, -0.2) is 0 Å². The molecule has 2 fully saturated rings. The Morgan fingerprint density at radius 2 is 1.95 bits per heavy atom. The van der Waals surface area contributed by atoms with Gasteiger partial charge in [-0.05, 0) is 25.7 Å². The molecule has 1 unspecified atom stereocenters. The maximum absolute atomic E-state index is 11.7. The van der Waals surface area contributed by atoms with E-state index in [9.17, 15) is 4.21 Å². The fourth-order valence-corrected chi connectivity index (χ4v) is 3.95. The van der Waals surface area contributed by atoms with E-state index in [4.69, 9.17) is 5.73 Å². The zero-order chi connectivity index (χ0) is 13.0. The van der Waals surface area contributed by atoms with Crippen LogP contribution in [0.15, 0.2) is 4.99 Å². The quantitative estimate of drug-likeness (QED) is 0.433. The van der Waals surface area contributed by atoms with Crippen LogP contribution in [0, 0.1) is 0 Å². The first-order valence-electron chi connectivity index (χ1n) is 7.02. The Bertz CT molecular complexity index is 339. The average molecular weight is 399 g/mol. The second-order valence-corrected chi connectivity index (χ2v) is 7.45. The van der Waals surface area contributed by atoms with Crippen LogP contribution in [-0.2, 0) is 10.8 Å². The summed E-state index contributed by atoms with van der Waals surface area (Å²) in [5.41, 5.74) is 5.93. The van der Waals surface area contributed by atoms with Gasteiger partial charge < -0.3 is 11.1 Å². The first-order chi connectivity index (χ1) is 8.62. The minimum atomic E-state index is -0.796. The molecule has 0 bridgehead atoms. The SMILES string of the molecule is CS(=O)C1(CN=C(N)NC2CCCCC2)CCC1.I. The third-order valence-electron chi connectivity index (χ3n) is 4.37. The second-order valence-electron chi connectivity index (χ2n) is 5.67. The first kappa shape index (κ1) is 17.2. The highest BCUT2D eigenvalue weighted by Crippen LogP contribution is 2.37. The molecule has 0 heterocycles. The highest BCUT2D eigenvalue weighted by Gasteiger charge is 2.40. The van der Waals surface area contributed by atoms with E-state index in [0.717, 1.165) is 12.8 Å². The van der Waals surface area contributed by atoms with Crippen molar-refractivity contribution in [3.05, 3.63) is 0 Å². The molecule has 4 nitrogen and oxygen atoms in total. The maximum atomic E-state index is 11.7. The van der Waals surface area contributed by atoms with Crippen molar-refractivity contribution < 1.29 is 4.21 Å². The summed E-state index contributed by atoms with van der Waals surface area (Å²) in [7, 11) is -0.796. The van der Waals surface area contributed by atoms with Crippen LogP contribution in [0.1, 0.15) is 51.4 Å². The predicted molar refractivity (Wildman–Crippen MR) is 92.6 cm³/mol. The van der Waals surface area contributed by atoms with Crippen molar-refractivity contribution >= 4 is 40.7 Å². The Kier molecular flexibility index (Phi) is 7.07. The van der Waals surface area contributed by atoms with Gasteiger partial charge >= 0.3 is 0 Å². The van der Waals surface area contributed by atoms with Gasteiger partial charge in [-0.3, -0.25) is 9.20 Å². The molecule has 0 aromatic carbocycles. The number of nitrogens with zero attached hydrogens (tertiary/aromatic N) is 1. The van der Waals surface area contributed by atoms with Gasteiger partial charge in [0.2, 0.25) is 0 Å². The van der Waals surface area contributed by atoms with Gasteiger partial charge in [-0.2, -0.15) is 0 Å². The lowest BCUT2D eigenvalue weighted by Gasteiger charge is -2.38. The molecule has 0 aliphatic heterocycles. The van der Waals surface area contributed by atoms with E-state index in [0.29, 0.717) is 18.5 Å². The summed E-state index contributed by atoms with van der Waals surface area (Å²) >= 11 is 0. The maximum Gasteiger partial charge on any atom is 0.188 e. The minimum absolute atomic E-state index is 0. The Hall–Kier alpha value is 0.150. The number of halogens is 1. The van der Waals surface area contributed by atoms with E-state index in [1.165, 1.54) is 38.5 Å². The van der Waals surface area contributed by atoms with Gasteiger partial charge in [-0.1, -0.05) is 25.7 Å². The van der Waals surface area contributed by atoms with E-state index >= 15 is 0 Å². The first-order valence-corrected chi connectivity index (χ1v) is 8.58. The number of rotatable bonds is 4. The number of aliphatic imine (C=N–C) groups is 1. The molecule has 0 saturated heterocycles. The smallest absolute Gasteiger partial charge is 0.188 e. The van der Waals surface area contributed by atoms with E-state index < -0.39 is 10.8 Å². The van der Waals surface area contributed by atoms with Crippen molar-refractivity contribution in [3.63, 3.8) is 0 Å². The van der Waals surface area contributed by atoms with Crippen LogP contribution in [0.25, 0.3) is 0 Å². The summed E-state index contributed by atoms with van der Waals surface area (Å²) in [6.45, 7) is 0.613. The Balaban J connectivity index is 0.00000180. The summed E-state index contributed by atoms with van der Waals surface area (Å²) in [6.07, 6.45) is 11.3. The Morgan fingerprint density at radius 1 is 1.32 bits per heavy atom. The molecular weight excluding hydrogens is 373 g/mol. The molecule has 2 rings (SSSR count). The van der Waals surface area contributed by atoms with E-state index in [-0.39, 0.29) is 28.7 Å². The topological polar surface area (TPSA) is 67.5 Å². The molecule has 6 heteroatoms. The average Bonchev–Trinajstić information content (AvgIpc) is 2.28. The molecule has 1 atom stereocenters. The molecule has 2 aliphatic rings. The summed E-state index contributed by atoms with van der Waals surface area (Å²) in [5.74, 6) is 0.540. The zero-order valence-corrected chi connectivity index (χ0v) is 14.8. The van der Waals surface area contributed by atoms with E-state index in [2.05, 4.69) is 10.3 Å². The van der Waals surface area contributed by atoms with Crippen molar-refractivity contribution in [1.82, 2.24) is 5.32 Å². The van der Waals surface area contributed by atoms with Crippen LogP contribution in [-0.4, -0.2) is 33.8 Å². The summed E-state index contributed by atoms with van der Waals surface area (Å²) in [4.78, 5) is 4.42. The summed E-state index contributed by atoms with van der Waals surface area (Å²) in [6, 6.07) is 0.493. The second kappa shape index (κ2) is 7.81. The van der Waals surface area contributed by atoms with Gasteiger partial charge in [-0.15, -0.1) is 24.0 Å². The number of guanidine groups is 1. The van der Waals surface area contributed by atoms with Crippen molar-refractivity contribution in [1.29, 1.82) is 0 Å². The van der Waals surface area contributed by atoms with E-state index in [1.54, 1.807) is 6.26 Å². The standard InChI is InChI=1S/C13H25N3OS.HI/c1-18(17)13(8-5-9-13)10-15-12(14)16-11-6-3-2-4-7-11;/h11H,2-10H2,1H3,(H3,14,15,16);1H. The van der Waals surface area contributed by atoms with Gasteiger partial charge in [0.15, 0.2) is 5.96 Å². The molecule has 0 amide bonds. The van der Waals surface area contributed by atoms with Crippen LogP contribution in [0.4, 0.5) is 0 Å². The number of hydrogen-bond donors (Lipinski definition) is 2. The molecule has 3 N–H and O–H groups in total. The number of hydrogen-bond acceptors (Lipinski definition) is 2. The molecule has 2 saturated carbocycles. The number of nitrogens with two attached hydrogens (primary N) is 1. The fraction of sp³-hybridized carbons (Fsp3) is 0.923. The Morgan fingerprint density at radius 3 is 2.42 bits per heavy atom. The van der Waals surface area contributed by atoms with Crippen molar-refractivity contribution in [2.75, 3.05) is 12.8 Å². The molecule has 0 radical (unpaired) electrons. The van der Waals surface area contributed by atoms with Gasteiger partial charge in [0.1, 0.15) is 0 Å². The largest absolute Gasteiger partial charge is 0.370 e. The minimum Gasteiger partial charge on any atom is -0.370 e. The normalized spacial score (nSPS) is 25.0. The molecule has 0 aromatic rings. The highest BCUT2D eigenvalue weighted by molar-refractivity contribution is 14.0. The summed E-state index contributed by atoms with van der Waals surface area (Å²) < 4.78 is 11.6.